The van der Waals surface area contributed by atoms with E-state index in [1.807, 2.05) is 6.92 Å². The fourth-order valence-corrected chi connectivity index (χ4v) is 2.82. The summed E-state index contributed by atoms with van der Waals surface area (Å²) in [6, 6.07) is -0.149. The monoisotopic (exact) mass is 282 g/mol. The Bertz CT molecular complexity index is 351. The van der Waals surface area contributed by atoms with Crippen LogP contribution in [0.4, 0.5) is 4.79 Å². The Morgan fingerprint density at radius 3 is 2.45 bits per heavy atom. The summed E-state index contributed by atoms with van der Waals surface area (Å²) in [7, 11) is 1.51. The molecule has 6 nitrogen and oxygen atoms in total. The molecule has 3 N–H and O–H groups in total. The first kappa shape index (κ1) is 15.3. The Labute approximate surface area is 120 Å². The number of hydrogen-bond donors (Lipinski definition) is 3. The average Bonchev–Trinajstić information content (AvgIpc) is 3.29. The fraction of sp³-hybridized carbons (Fsp3) is 0.857. The lowest BCUT2D eigenvalue weighted by Gasteiger charge is -2.33. The maximum absolute atomic E-state index is 12.1. The Balaban J connectivity index is 1.89. The van der Waals surface area contributed by atoms with Gasteiger partial charge < -0.3 is 10.6 Å². The van der Waals surface area contributed by atoms with Gasteiger partial charge in [0.05, 0.1) is 6.04 Å². The number of carbonyl (C=O) groups is 2. The van der Waals surface area contributed by atoms with Crippen molar-refractivity contribution in [1.82, 2.24) is 20.9 Å². The van der Waals surface area contributed by atoms with Crippen LogP contribution in [0.2, 0.25) is 0 Å². The lowest BCUT2D eigenvalue weighted by molar-refractivity contribution is -0.125. The van der Waals surface area contributed by atoms with E-state index < -0.39 is 6.03 Å². The highest BCUT2D eigenvalue weighted by atomic mass is 16.2. The predicted octanol–water partition coefficient (Wildman–Crippen LogP) is 0.295. The molecular formula is C14H26N4O2. The molecule has 0 aromatic heterocycles. The highest BCUT2D eigenvalue weighted by molar-refractivity contribution is 5.96. The molecule has 2 aliphatic rings. The number of urea groups is 1. The lowest BCUT2D eigenvalue weighted by Crippen LogP contribution is -2.51. The highest BCUT2D eigenvalue weighted by Crippen LogP contribution is 2.30. The standard InChI is InChI=1S/C14H26N4O2/c1-10(13(19)17-14(20)15-2)18(12-3-4-12)9-11-5-7-16-8-6-11/h10-12,16H,3-9H2,1-2H3,(H2,15,17,19,20). The van der Waals surface area contributed by atoms with Gasteiger partial charge in [0, 0.05) is 19.6 Å². The summed E-state index contributed by atoms with van der Waals surface area (Å²) in [6.45, 7) is 5.01. The van der Waals surface area contributed by atoms with Crippen molar-refractivity contribution in [3.8, 4) is 0 Å². The number of imide groups is 1. The molecule has 1 saturated carbocycles. The minimum absolute atomic E-state index is 0.204. The van der Waals surface area contributed by atoms with Gasteiger partial charge in [0.1, 0.15) is 0 Å². The molecule has 0 radical (unpaired) electrons. The third-order valence-corrected chi connectivity index (χ3v) is 4.28. The zero-order valence-corrected chi connectivity index (χ0v) is 12.4. The van der Waals surface area contributed by atoms with Crippen LogP contribution in [0.5, 0.6) is 0 Å². The molecule has 0 aromatic carbocycles. The summed E-state index contributed by atoms with van der Waals surface area (Å²) in [5, 5.41) is 8.17. The van der Waals surface area contributed by atoms with E-state index in [0.29, 0.717) is 12.0 Å². The molecule has 0 spiro atoms. The second kappa shape index (κ2) is 7.04. The second-order valence-electron chi connectivity index (χ2n) is 5.87. The van der Waals surface area contributed by atoms with E-state index in [1.165, 1.54) is 32.7 Å². The molecular weight excluding hydrogens is 256 g/mol. The number of hydrogen-bond acceptors (Lipinski definition) is 4. The molecule has 0 bridgehead atoms. The Morgan fingerprint density at radius 1 is 1.25 bits per heavy atom. The van der Waals surface area contributed by atoms with E-state index >= 15 is 0 Å². The van der Waals surface area contributed by atoms with Crippen molar-refractivity contribution in [3.63, 3.8) is 0 Å². The molecule has 0 aromatic rings. The van der Waals surface area contributed by atoms with E-state index in [0.717, 1.165) is 19.6 Å². The molecule has 6 heteroatoms. The van der Waals surface area contributed by atoms with Crippen molar-refractivity contribution in [3.05, 3.63) is 0 Å². The van der Waals surface area contributed by atoms with Crippen LogP contribution >= 0.6 is 0 Å². The SMILES string of the molecule is CNC(=O)NC(=O)C(C)N(CC1CCNCC1)C1CC1. The van der Waals surface area contributed by atoms with Crippen molar-refractivity contribution in [2.24, 2.45) is 5.92 Å². The first-order valence-corrected chi connectivity index (χ1v) is 7.61. The van der Waals surface area contributed by atoms with Crippen LogP contribution in [-0.2, 0) is 4.79 Å². The van der Waals surface area contributed by atoms with E-state index in [4.69, 9.17) is 0 Å². The van der Waals surface area contributed by atoms with Crippen LogP contribution in [0.15, 0.2) is 0 Å². The Hall–Kier alpha value is -1.14. The van der Waals surface area contributed by atoms with Gasteiger partial charge in [-0.25, -0.2) is 4.79 Å². The maximum atomic E-state index is 12.1. The van der Waals surface area contributed by atoms with Gasteiger partial charge >= 0.3 is 6.03 Å². The van der Waals surface area contributed by atoms with Gasteiger partial charge in [-0.2, -0.15) is 0 Å². The molecule has 3 amide bonds. The second-order valence-corrected chi connectivity index (χ2v) is 5.87. The minimum atomic E-state index is -0.431. The predicted molar refractivity (Wildman–Crippen MR) is 77.4 cm³/mol. The normalized spacial score (nSPS) is 21.6. The first-order valence-electron chi connectivity index (χ1n) is 7.61. The molecule has 114 valence electrons. The van der Waals surface area contributed by atoms with Crippen molar-refractivity contribution in [2.75, 3.05) is 26.7 Å². The number of carbonyl (C=O) groups excluding carboxylic acids is 2. The summed E-state index contributed by atoms with van der Waals surface area (Å²) < 4.78 is 0. The first-order chi connectivity index (χ1) is 9.61. The summed E-state index contributed by atoms with van der Waals surface area (Å²) in [6.07, 6.45) is 4.69. The molecule has 1 heterocycles. The van der Waals surface area contributed by atoms with E-state index in [-0.39, 0.29) is 11.9 Å². The van der Waals surface area contributed by atoms with E-state index in [9.17, 15) is 9.59 Å². The maximum Gasteiger partial charge on any atom is 0.321 e. The van der Waals surface area contributed by atoms with E-state index in [2.05, 4.69) is 20.9 Å². The van der Waals surface area contributed by atoms with Crippen molar-refractivity contribution in [1.29, 1.82) is 0 Å². The summed E-state index contributed by atoms with van der Waals surface area (Å²) in [5.74, 6) is 0.456. The smallest absolute Gasteiger partial charge is 0.321 e. The summed E-state index contributed by atoms with van der Waals surface area (Å²) in [5.41, 5.74) is 0. The fourth-order valence-electron chi connectivity index (χ4n) is 2.82. The van der Waals surface area contributed by atoms with Crippen molar-refractivity contribution in [2.45, 2.75) is 44.7 Å². The van der Waals surface area contributed by atoms with Gasteiger partial charge in [-0.3, -0.25) is 15.0 Å². The van der Waals surface area contributed by atoms with Gasteiger partial charge in [0.25, 0.3) is 0 Å². The van der Waals surface area contributed by atoms with Crippen LogP contribution in [0.3, 0.4) is 0 Å². The average molecular weight is 282 g/mol. The highest BCUT2D eigenvalue weighted by Gasteiger charge is 2.36. The molecule has 1 aliphatic carbocycles. The van der Waals surface area contributed by atoms with Crippen molar-refractivity contribution >= 4 is 11.9 Å². The Kier molecular flexibility index (Phi) is 5.37. The topological polar surface area (TPSA) is 73.5 Å². The number of nitrogens with zero attached hydrogens (tertiary/aromatic N) is 1. The van der Waals surface area contributed by atoms with Gasteiger partial charge in [-0.1, -0.05) is 0 Å². The van der Waals surface area contributed by atoms with Gasteiger partial charge in [0.15, 0.2) is 0 Å². The number of piperidine rings is 1. The zero-order chi connectivity index (χ0) is 14.5. The molecule has 1 atom stereocenters. The lowest BCUT2D eigenvalue weighted by atomic mass is 9.97. The molecule has 1 saturated heterocycles. The Morgan fingerprint density at radius 2 is 1.90 bits per heavy atom. The molecule has 1 unspecified atom stereocenters. The number of amides is 3. The van der Waals surface area contributed by atoms with Gasteiger partial charge in [0.2, 0.25) is 5.91 Å². The van der Waals surface area contributed by atoms with Crippen LogP contribution in [0.1, 0.15) is 32.6 Å². The zero-order valence-electron chi connectivity index (χ0n) is 12.4. The van der Waals surface area contributed by atoms with E-state index in [1.54, 1.807) is 0 Å². The minimum Gasteiger partial charge on any atom is -0.341 e. The molecule has 2 fully saturated rings. The van der Waals surface area contributed by atoms with Gasteiger partial charge in [-0.05, 0) is 51.6 Å². The summed E-state index contributed by atoms with van der Waals surface area (Å²) in [4.78, 5) is 25.6. The molecule has 2 rings (SSSR count). The molecule has 1 aliphatic heterocycles. The van der Waals surface area contributed by atoms with Crippen molar-refractivity contribution < 1.29 is 9.59 Å². The number of rotatable bonds is 5. The third-order valence-electron chi connectivity index (χ3n) is 4.28. The van der Waals surface area contributed by atoms with Gasteiger partial charge in [-0.15, -0.1) is 0 Å². The van der Waals surface area contributed by atoms with Crippen LogP contribution in [0, 0.1) is 5.92 Å². The summed E-state index contributed by atoms with van der Waals surface area (Å²) >= 11 is 0. The largest absolute Gasteiger partial charge is 0.341 e. The van der Waals surface area contributed by atoms with Crippen LogP contribution in [0.25, 0.3) is 0 Å². The third kappa shape index (κ3) is 4.18. The molecule has 20 heavy (non-hydrogen) atoms. The number of nitrogens with one attached hydrogen (secondary N) is 3. The quantitative estimate of drug-likeness (QED) is 0.678. The van der Waals surface area contributed by atoms with Crippen LogP contribution in [-0.4, -0.2) is 55.6 Å². The van der Waals surface area contributed by atoms with Crippen LogP contribution < -0.4 is 16.0 Å².